The van der Waals surface area contributed by atoms with Gasteiger partial charge in [-0.1, -0.05) is 23.7 Å². The molecule has 0 unspecified atom stereocenters. The molecule has 33 heavy (non-hydrogen) atoms. The fourth-order valence-electron chi connectivity index (χ4n) is 3.02. The van der Waals surface area contributed by atoms with Gasteiger partial charge in [0.25, 0.3) is 11.8 Å². The van der Waals surface area contributed by atoms with Crippen LogP contribution in [0.1, 0.15) is 38.1 Å². The number of carbonyl (C=O) groups excluding carboxylic acids is 3. The maximum Gasteiger partial charge on any atom is 0.341 e. The summed E-state index contributed by atoms with van der Waals surface area (Å²) in [4.78, 5) is 38.3. The first-order chi connectivity index (χ1) is 15.8. The zero-order valence-corrected chi connectivity index (χ0v) is 19.9. The Morgan fingerprint density at radius 1 is 1.03 bits per heavy atom. The van der Waals surface area contributed by atoms with Crippen LogP contribution in [0.2, 0.25) is 5.02 Å². The molecule has 3 rings (SSSR count). The van der Waals surface area contributed by atoms with E-state index in [0.717, 1.165) is 16.9 Å². The van der Waals surface area contributed by atoms with Crippen molar-refractivity contribution >= 4 is 51.4 Å². The maximum absolute atomic E-state index is 12.9. The normalized spacial score (nSPS) is 10.4. The van der Waals surface area contributed by atoms with Crippen molar-refractivity contribution in [3.05, 3.63) is 75.1 Å². The van der Waals surface area contributed by atoms with E-state index in [9.17, 15) is 14.4 Å². The number of thiophene rings is 1. The molecule has 0 saturated carbocycles. The van der Waals surface area contributed by atoms with Crippen molar-refractivity contribution in [2.45, 2.75) is 20.8 Å². The van der Waals surface area contributed by atoms with Gasteiger partial charge in [0.05, 0.1) is 17.0 Å². The monoisotopic (exact) mass is 486 g/mol. The van der Waals surface area contributed by atoms with Crippen LogP contribution in [0.5, 0.6) is 5.75 Å². The number of nitrogens with one attached hydrogen (secondary N) is 2. The molecule has 2 amide bonds. The first-order valence-electron chi connectivity index (χ1n) is 10.1. The van der Waals surface area contributed by atoms with Crippen LogP contribution in [0.3, 0.4) is 0 Å². The molecule has 0 fully saturated rings. The van der Waals surface area contributed by atoms with Crippen molar-refractivity contribution in [1.82, 2.24) is 0 Å². The highest BCUT2D eigenvalue weighted by Crippen LogP contribution is 2.34. The second-order valence-corrected chi connectivity index (χ2v) is 8.55. The summed E-state index contributed by atoms with van der Waals surface area (Å²) in [6.07, 6.45) is 0. The number of halogens is 1. The Hall–Kier alpha value is -3.36. The Bertz CT molecular complexity index is 1170. The van der Waals surface area contributed by atoms with Crippen LogP contribution in [0, 0.1) is 13.8 Å². The Kier molecular flexibility index (Phi) is 8.08. The molecule has 3 aromatic rings. The van der Waals surface area contributed by atoms with E-state index in [4.69, 9.17) is 21.1 Å². The quantitative estimate of drug-likeness (QED) is 0.412. The lowest BCUT2D eigenvalue weighted by atomic mass is 10.1. The maximum atomic E-state index is 12.9. The molecule has 0 spiro atoms. The van der Waals surface area contributed by atoms with Gasteiger partial charge in [0, 0.05) is 10.7 Å². The largest absolute Gasteiger partial charge is 0.484 e. The number of esters is 1. The predicted molar refractivity (Wildman–Crippen MR) is 130 cm³/mol. The number of ether oxygens (including phenoxy) is 2. The lowest BCUT2D eigenvalue weighted by Crippen LogP contribution is -2.21. The summed E-state index contributed by atoms with van der Waals surface area (Å²) in [5, 5.41) is 6.27. The number of rotatable bonds is 8. The Balaban J connectivity index is 1.80. The van der Waals surface area contributed by atoms with Gasteiger partial charge in [-0.2, -0.15) is 0 Å². The molecule has 0 radical (unpaired) electrons. The summed E-state index contributed by atoms with van der Waals surface area (Å²) in [5.74, 6) is -1.01. The minimum absolute atomic E-state index is 0.149. The van der Waals surface area contributed by atoms with E-state index >= 15 is 0 Å². The number of hydrogen-bond donors (Lipinski definition) is 2. The standard InChI is InChI=1S/C24H23ClN2O5S/c1-4-31-24(30)20-15(3)21(22(29)26-17-7-5-6-14(2)12-17)33-23(20)27-19(28)13-32-18-10-8-16(25)9-11-18/h5-12H,4,13H2,1-3H3,(H,26,29)(H,27,28). The van der Waals surface area contributed by atoms with Crippen LogP contribution in [-0.4, -0.2) is 31.0 Å². The van der Waals surface area contributed by atoms with Gasteiger partial charge >= 0.3 is 5.97 Å². The highest BCUT2D eigenvalue weighted by Gasteiger charge is 2.27. The number of hydrogen-bond acceptors (Lipinski definition) is 6. The Morgan fingerprint density at radius 3 is 2.42 bits per heavy atom. The number of carbonyl (C=O) groups is 3. The first kappa shape index (κ1) is 24.3. The molecule has 2 aromatic carbocycles. The van der Waals surface area contributed by atoms with Crippen LogP contribution >= 0.6 is 22.9 Å². The Morgan fingerprint density at radius 2 is 1.76 bits per heavy atom. The predicted octanol–water partition coefficient (Wildman–Crippen LogP) is 5.46. The van der Waals surface area contributed by atoms with E-state index in [1.807, 2.05) is 25.1 Å². The Labute approximate surface area is 200 Å². The second-order valence-electron chi connectivity index (χ2n) is 7.10. The summed E-state index contributed by atoms with van der Waals surface area (Å²) < 4.78 is 10.6. The fourth-order valence-corrected chi connectivity index (χ4v) is 4.25. The molecule has 2 N–H and O–H groups in total. The van der Waals surface area contributed by atoms with Gasteiger partial charge in [0.2, 0.25) is 0 Å². The van der Waals surface area contributed by atoms with E-state index in [-0.39, 0.29) is 29.7 Å². The molecule has 0 bridgehead atoms. The molecular formula is C24H23ClN2O5S. The average molecular weight is 487 g/mol. The molecule has 0 atom stereocenters. The fraction of sp³-hybridized carbons (Fsp3) is 0.208. The summed E-state index contributed by atoms with van der Waals surface area (Å²) in [6.45, 7) is 5.12. The number of amides is 2. The van der Waals surface area contributed by atoms with E-state index < -0.39 is 11.9 Å². The van der Waals surface area contributed by atoms with Crippen LogP contribution < -0.4 is 15.4 Å². The minimum atomic E-state index is -0.616. The van der Waals surface area contributed by atoms with Gasteiger partial charge in [-0.15, -0.1) is 11.3 Å². The van der Waals surface area contributed by atoms with Gasteiger partial charge in [-0.3, -0.25) is 9.59 Å². The third-order valence-electron chi connectivity index (χ3n) is 4.55. The van der Waals surface area contributed by atoms with Crippen molar-refractivity contribution in [3.63, 3.8) is 0 Å². The summed E-state index contributed by atoms with van der Waals surface area (Å²) in [6, 6.07) is 13.9. The van der Waals surface area contributed by atoms with Crippen molar-refractivity contribution in [3.8, 4) is 5.75 Å². The smallest absolute Gasteiger partial charge is 0.341 e. The van der Waals surface area contributed by atoms with Crippen LogP contribution in [0.15, 0.2) is 48.5 Å². The molecule has 0 saturated heterocycles. The SMILES string of the molecule is CCOC(=O)c1c(NC(=O)COc2ccc(Cl)cc2)sc(C(=O)Nc2cccc(C)c2)c1C. The van der Waals surface area contributed by atoms with Crippen LogP contribution in [0.25, 0.3) is 0 Å². The van der Waals surface area contributed by atoms with E-state index in [1.165, 1.54) is 0 Å². The summed E-state index contributed by atoms with van der Waals surface area (Å²) in [5.41, 5.74) is 2.21. The van der Waals surface area contributed by atoms with Crippen LogP contribution in [-0.2, 0) is 9.53 Å². The van der Waals surface area contributed by atoms with Gasteiger partial charge in [-0.25, -0.2) is 4.79 Å². The molecule has 1 heterocycles. The molecule has 9 heteroatoms. The molecule has 0 aliphatic carbocycles. The number of benzene rings is 2. The van der Waals surface area contributed by atoms with Gasteiger partial charge < -0.3 is 20.1 Å². The second kappa shape index (κ2) is 11.0. The van der Waals surface area contributed by atoms with E-state index in [1.54, 1.807) is 44.2 Å². The van der Waals surface area contributed by atoms with Gasteiger partial charge in [-0.05, 0) is 68.3 Å². The number of anilines is 2. The number of aryl methyl sites for hydroxylation is 1. The van der Waals surface area contributed by atoms with Gasteiger partial charge in [0.15, 0.2) is 6.61 Å². The average Bonchev–Trinajstić information content (AvgIpc) is 3.09. The zero-order chi connectivity index (χ0) is 24.0. The van der Waals surface area contributed by atoms with E-state index in [2.05, 4.69) is 10.6 Å². The molecule has 7 nitrogen and oxygen atoms in total. The van der Waals surface area contributed by atoms with Crippen molar-refractivity contribution < 1.29 is 23.9 Å². The van der Waals surface area contributed by atoms with Crippen molar-refractivity contribution in [2.75, 3.05) is 23.8 Å². The minimum Gasteiger partial charge on any atom is -0.484 e. The van der Waals surface area contributed by atoms with Crippen LogP contribution in [0.4, 0.5) is 10.7 Å². The van der Waals surface area contributed by atoms with Crippen molar-refractivity contribution in [2.24, 2.45) is 0 Å². The van der Waals surface area contributed by atoms with Gasteiger partial charge in [0.1, 0.15) is 10.8 Å². The lowest BCUT2D eigenvalue weighted by molar-refractivity contribution is -0.118. The highest BCUT2D eigenvalue weighted by atomic mass is 35.5. The zero-order valence-electron chi connectivity index (χ0n) is 18.4. The molecule has 172 valence electrons. The summed E-state index contributed by atoms with van der Waals surface area (Å²) >= 11 is 6.85. The third kappa shape index (κ3) is 6.34. The molecular weight excluding hydrogens is 464 g/mol. The lowest BCUT2D eigenvalue weighted by Gasteiger charge is -2.08. The molecule has 0 aliphatic heterocycles. The topological polar surface area (TPSA) is 93.7 Å². The van der Waals surface area contributed by atoms with Crippen molar-refractivity contribution in [1.29, 1.82) is 0 Å². The summed E-state index contributed by atoms with van der Waals surface area (Å²) in [7, 11) is 0. The third-order valence-corrected chi connectivity index (χ3v) is 6.00. The van der Waals surface area contributed by atoms with E-state index in [0.29, 0.717) is 26.9 Å². The highest BCUT2D eigenvalue weighted by molar-refractivity contribution is 7.19. The molecule has 1 aromatic heterocycles. The first-order valence-corrected chi connectivity index (χ1v) is 11.3. The molecule has 0 aliphatic rings.